The molecule has 18 heavy (non-hydrogen) atoms. The van der Waals surface area contributed by atoms with Gasteiger partial charge in [-0.1, -0.05) is 5.16 Å². The molecule has 1 heterocycles. The summed E-state index contributed by atoms with van der Waals surface area (Å²) in [5.74, 6) is -0.910. The van der Waals surface area contributed by atoms with Crippen LogP contribution in [0.3, 0.4) is 0 Å². The maximum atomic E-state index is 11.9. The minimum atomic E-state index is -2.71. The summed E-state index contributed by atoms with van der Waals surface area (Å²) in [5.41, 5.74) is 4.19. The summed E-state index contributed by atoms with van der Waals surface area (Å²) in [6.07, 6.45) is -2.71. The van der Waals surface area contributed by atoms with Gasteiger partial charge in [-0.05, 0) is 0 Å². The van der Waals surface area contributed by atoms with Crippen molar-refractivity contribution < 1.29 is 23.6 Å². The van der Waals surface area contributed by atoms with Crippen LogP contribution < -0.4 is 10.5 Å². The van der Waals surface area contributed by atoms with Crippen molar-refractivity contribution in [3.63, 3.8) is 0 Å². The zero-order chi connectivity index (χ0) is 13.7. The van der Waals surface area contributed by atoms with Gasteiger partial charge in [0.15, 0.2) is 18.1 Å². The van der Waals surface area contributed by atoms with Crippen molar-refractivity contribution in [3.8, 4) is 5.88 Å². The first-order chi connectivity index (χ1) is 8.45. The number of rotatable bonds is 5. The van der Waals surface area contributed by atoms with Gasteiger partial charge >= 0.3 is 0 Å². The first-order valence-corrected chi connectivity index (χ1v) is 4.50. The van der Waals surface area contributed by atoms with E-state index in [1.807, 2.05) is 0 Å². The van der Waals surface area contributed by atoms with Gasteiger partial charge in [-0.2, -0.15) is 0 Å². The fourth-order valence-electron chi connectivity index (χ4n) is 1.05. The van der Waals surface area contributed by atoms with E-state index >= 15 is 0 Å². The molecular weight excluding hydrogens is 254 g/mol. The summed E-state index contributed by atoms with van der Waals surface area (Å²) in [5, 5.41) is 21.6. The van der Waals surface area contributed by atoms with E-state index < -0.39 is 35.2 Å². The van der Waals surface area contributed by atoms with Crippen molar-refractivity contribution >= 4 is 11.5 Å². The molecule has 0 saturated heterocycles. The van der Waals surface area contributed by atoms with Crippen molar-refractivity contribution in [3.05, 3.63) is 27.9 Å². The van der Waals surface area contributed by atoms with Crippen molar-refractivity contribution in [2.75, 3.05) is 6.61 Å². The van der Waals surface area contributed by atoms with E-state index in [2.05, 4.69) is 14.9 Å². The summed E-state index contributed by atoms with van der Waals surface area (Å²) in [6, 6.07) is 2.00. The largest absolute Gasteiger partial charge is 0.472 e. The highest BCUT2D eigenvalue weighted by Gasteiger charge is 2.20. The number of pyridine rings is 1. The molecule has 8 nitrogen and oxygen atoms in total. The molecule has 0 radical (unpaired) electrons. The van der Waals surface area contributed by atoms with Crippen molar-refractivity contribution in [1.82, 2.24) is 4.98 Å². The first-order valence-electron chi connectivity index (χ1n) is 4.50. The fraction of sp³-hybridized carbons (Fsp3) is 0.250. The molecule has 0 fully saturated rings. The Morgan fingerprint density at radius 2 is 2.33 bits per heavy atom. The number of oxime groups is 1. The van der Waals surface area contributed by atoms with Crippen LogP contribution in [0.25, 0.3) is 0 Å². The molecule has 0 bridgehead atoms. The molecule has 1 rings (SSSR count). The molecular formula is C8H8F2N4O4. The zero-order valence-electron chi connectivity index (χ0n) is 8.79. The number of nitrogens with zero attached hydrogens (tertiary/aromatic N) is 3. The van der Waals surface area contributed by atoms with E-state index in [-0.39, 0.29) is 5.88 Å². The fourth-order valence-corrected chi connectivity index (χ4v) is 1.05. The Bertz CT molecular complexity index is 480. The smallest absolute Gasteiger partial charge is 0.299 e. The van der Waals surface area contributed by atoms with Crippen LogP contribution in [0.5, 0.6) is 5.88 Å². The molecule has 0 aliphatic rings. The second-order valence-corrected chi connectivity index (χ2v) is 2.96. The third-order valence-corrected chi connectivity index (χ3v) is 1.75. The van der Waals surface area contributed by atoms with E-state index in [0.717, 1.165) is 12.1 Å². The number of nitro groups is 1. The Hall–Kier alpha value is -2.52. The first kappa shape index (κ1) is 13.5. The number of amidine groups is 1. The summed E-state index contributed by atoms with van der Waals surface area (Å²) in [7, 11) is 0. The summed E-state index contributed by atoms with van der Waals surface area (Å²) >= 11 is 0. The van der Waals surface area contributed by atoms with Crippen LogP contribution in [0.4, 0.5) is 14.5 Å². The van der Waals surface area contributed by atoms with Crippen LogP contribution in [0, 0.1) is 10.1 Å². The van der Waals surface area contributed by atoms with Gasteiger partial charge in [-0.15, -0.1) is 0 Å². The summed E-state index contributed by atoms with van der Waals surface area (Å²) in [6.45, 7) is -0.916. The SMILES string of the molecule is N/C(=N/O)c1nc(OCC(F)F)ccc1[N+](=O)[O-]. The molecule has 0 spiro atoms. The highest BCUT2D eigenvalue weighted by atomic mass is 19.3. The molecule has 0 aromatic carbocycles. The predicted octanol–water partition coefficient (Wildman–Crippen LogP) is 0.728. The van der Waals surface area contributed by atoms with Gasteiger partial charge in [0.2, 0.25) is 5.88 Å². The molecule has 0 atom stereocenters. The lowest BCUT2D eigenvalue weighted by Gasteiger charge is -2.06. The number of nitrogens with two attached hydrogens (primary N) is 1. The lowest BCUT2D eigenvalue weighted by Crippen LogP contribution is -2.18. The molecule has 0 saturated carbocycles. The lowest BCUT2D eigenvalue weighted by atomic mass is 10.3. The van der Waals surface area contributed by atoms with E-state index in [0.29, 0.717) is 0 Å². The number of ether oxygens (including phenoxy) is 1. The van der Waals surface area contributed by atoms with Gasteiger partial charge in [-0.3, -0.25) is 10.1 Å². The van der Waals surface area contributed by atoms with Gasteiger partial charge in [0, 0.05) is 12.1 Å². The maximum absolute atomic E-state index is 11.9. The maximum Gasteiger partial charge on any atom is 0.299 e. The van der Waals surface area contributed by atoms with Gasteiger partial charge < -0.3 is 15.7 Å². The van der Waals surface area contributed by atoms with E-state index in [9.17, 15) is 18.9 Å². The Balaban J connectivity index is 3.09. The Morgan fingerprint density at radius 1 is 1.67 bits per heavy atom. The molecule has 0 amide bonds. The minimum absolute atomic E-state index is 0.289. The lowest BCUT2D eigenvalue weighted by molar-refractivity contribution is -0.385. The van der Waals surface area contributed by atoms with E-state index in [1.165, 1.54) is 0 Å². The van der Waals surface area contributed by atoms with Gasteiger partial charge in [0.1, 0.15) is 0 Å². The minimum Gasteiger partial charge on any atom is -0.472 e. The Morgan fingerprint density at radius 3 is 2.83 bits per heavy atom. The topological polar surface area (TPSA) is 124 Å². The quantitative estimate of drug-likeness (QED) is 0.265. The van der Waals surface area contributed by atoms with Crippen LogP contribution in [0.15, 0.2) is 17.3 Å². The van der Waals surface area contributed by atoms with E-state index in [1.54, 1.807) is 0 Å². The van der Waals surface area contributed by atoms with Crippen LogP contribution in [-0.4, -0.2) is 34.0 Å². The number of aromatic nitrogens is 1. The standard InChI is InChI=1S/C8H8F2N4O4/c9-5(10)3-18-6-2-1-4(14(16)17)7(12-6)8(11)13-15/h1-2,5,15H,3H2,(H2,11,13). The molecule has 0 aliphatic heterocycles. The van der Waals surface area contributed by atoms with Gasteiger partial charge in [-0.25, -0.2) is 13.8 Å². The highest BCUT2D eigenvalue weighted by Crippen LogP contribution is 2.20. The third kappa shape index (κ3) is 3.23. The number of halogens is 2. The van der Waals surface area contributed by atoms with Crippen LogP contribution in [0.1, 0.15) is 5.69 Å². The second-order valence-electron chi connectivity index (χ2n) is 2.96. The average Bonchev–Trinajstić information content (AvgIpc) is 2.34. The number of hydrogen-bond donors (Lipinski definition) is 2. The normalized spacial score (nSPS) is 11.6. The highest BCUT2D eigenvalue weighted by molar-refractivity contribution is 5.98. The molecule has 0 unspecified atom stereocenters. The Kier molecular flexibility index (Phi) is 4.29. The molecule has 1 aromatic heterocycles. The second kappa shape index (κ2) is 5.70. The average molecular weight is 262 g/mol. The van der Waals surface area contributed by atoms with Crippen molar-refractivity contribution in [1.29, 1.82) is 0 Å². The van der Waals surface area contributed by atoms with Crippen LogP contribution in [0.2, 0.25) is 0 Å². The van der Waals surface area contributed by atoms with E-state index in [4.69, 9.17) is 10.9 Å². The van der Waals surface area contributed by atoms with Crippen LogP contribution in [-0.2, 0) is 0 Å². The monoisotopic (exact) mass is 262 g/mol. The summed E-state index contributed by atoms with van der Waals surface area (Å²) < 4.78 is 28.4. The molecule has 10 heteroatoms. The molecule has 0 aliphatic carbocycles. The summed E-state index contributed by atoms with van der Waals surface area (Å²) in [4.78, 5) is 13.3. The molecule has 98 valence electrons. The van der Waals surface area contributed by atoms with Crippen molar-refractivity contribution in [2.45, 2.75) is 6.43 Å². The molecule has 1 aromatic rings. The van der Waals surface area contributed by atoms with Crippen LogP contribution >= 0.6 is 0 Å². The number of hydrogen-bond acceptors (Lipinski definition) is 6. The third-order valence-electron chi connectivity index (χ3n) is 1.75. The number of alkyl halides is 2. The van der Waals surface area contributed by atoms with Gasteiger partial charge in [0.05, 0.1) is 4.92 Å². The zero-order valence-corrected chi connectivity index (χ0v) is 8.79. The predicted molar refractivity (Wildman–Crippen MR) is 54.9 cm³/mol. The van der Waals surface area contributed by atoms with Crippen molar-refractivity contribution in [2.24, 2.45) is 10.9 Å². The Labute approximate surface area is 98.8 Å². The molecule has 3 N–H and O–H groups in total. The van der Waals surface area contributed by atoms with Gasteiger partial charge in [0.25, 0.3) is 12.1 Å².